The van der Waals surface area contributed by atoms with Crippen molar-refractivity contribution in [2.75, 3.05) is 5.32 Å². The van der Waals surface area contributed by atoms with E-state index in [9.17, 15) is 8.78 Å². The topological polar surface area (TPSA) is 17.0 Å². The number of hydrogen-bond donors (Lipinski definition) is 1. The molecule has 0 aliphatic rings. The molecule has 1 N–H and O–H groups in total. The fourth-order valence-electron chi connectivity index (χ4n) is 3.92. The van der Waals surface area contributed by atoms with Crippen LogP contribution in [0.15, 0.2) is 97.1 Å². The quantitative estimate of drug-likeness (QED) is 0.322. The van der Waals surface area contributed by atoms with E-state index in [1.807, 2.05) is 25.1 Å². The SMILES string of the molecule is Cc1ccc2c(cc(-c3ccccc3)n2-c2ccc(F)cc2)c1Nc1ccc(F)cc1. The monoisotopic (exact) mass is 410 g/mol. The smallest absolute Gasteiger partial charge is 0.123 e. The van der Waals surface area contributed by atoms with Gasteiger partial charge in [0, 0.05) is 16.8 Å². The molecule has 2 nitrogen and oxygen atoms in total. The van der Waals surface area contributed by atoms with Gasteiger partial charge in [0.15, 0.2) is 0 Å². The van der Waals surface area contributed by atoms with Gasteiger partial charge in [-0.05, 0) is 78.7 Å². The largest absolute Gasteiger partial charge is 0.355 e. The number of nitrogens with one attached hydrogen (secondary N) is 1. The molecule has 0 amide bonds. The van der Waals surface area contributed by atoms with Crippen LogP contribution < -0.4 is 5.32 Å². The Morgan fingerprint density at radius 2 is 1.35 bits per heavy atom. The molecule has 4 heteroatoms. The first-order valence-corrected chi connectivity index (χ1v) is 10.1. The van der Waals surface area contributed by atoms with Gasteiger partial charge in [0.1, 0.15) is 11.6 Å². The van der Waals surface area contributed by atoms with Crippen molar-refractivity contribution in [1.82, 2.24) is 4.57 Å². The Morgan fingerprint density at radius 1 is 0.710 bits per heavy atom. The summed E-state index contributed by atoms with van der Waals surface area (Å²) in [4.78, 5) is 0. The summed E-state index contributed by atoms with van der Waals surface area (Å²) in [6.45, 7) is 2.04. The van der Waals surface area contributed by atoms with Gasteiger partial charge in [0.25, 0.3) is 0 Å². The van der Waals surface area contributed by atoms with Gasteiger partial charge < -0.3 is 9.88 Å². The van der Waals surface area contributed by atoms with Crippen molar-refractivity contribution in [3.05, 3.63) is 114 Å². The van der Waals surface area contributed by atoms with Crippen LogP contribution in [0.4, 0.5) is 20.2 Å². The first-order chi connectivity index (χ1) is 15.1. The van der Waals surface area contributed by atoms with Crippen LogP contribution in [0, 0.1) is 18.6 Å². The molecule has 0 atom stereocenters. The maximum absolute atomic E-state index is 13.6. The van der Waals surface area contributed by atoms with E-state index in [0.29, 0.717) is 0 Å². The second-order valence-electron chi connectivity index (χ2n) is 7.53. The average molecular weight is 410 g/mol. The van der Waals surface area contributed by atoms with Gasteiger partial charge in [-0.15, -0.1) is 0 Å². The van der Waals surface area contributed by atoms with Crippen LogP contribution in [0.25, 0.3) is 27.8 Å². The minimum atomic E-state index is -0.269. The van der Waals surface area contributed by atoms with E-state index in [1.54, 1.807) is 24.3 Å². The number of hydrogen-bond acceptors (Lipinski definition) is 1. The molecule has 5 aromatic rings. The Bertz CT molecular complexity index is 1350. The zero-order chi connectivity index (χ0) is 21.4. The fourth-order valence-corrected chi connectivity index (χ4v) is 3.92. The molecule has 1 aromatic heterocycles. The third-order valence-corrected chi connectivity index (χ3v) is 5.46. The number of anilines is 2. The zero-order valence-electron chi connectivity index (χ0n) is 16.9. The van der Waals surface area contributed by atoms with Gasteiger partial charge in [-0.25, -0.2) is 8.78 Å². The van der Waals surface area contributed by atoms with Crippen LogP contribution in [0.1, 0.15) is 5.56 Å². The van der Waals surface area contributed by atoms with Crippen molar-refractivity contribution in [1.29, 1.82) is 0 Å². The van der Waals surface area contributed by atoms with Crippen LogP contribution in [0.5, 0.6) is 0 Å². The molecule has 152 valence electrons. The molecule has 0 saturated carbocycles. The Labute approximate surface area is 179 Å². The summed E-state index contributed by atoms with van der Waals surface area (Å²) < 4.78 is 29.1. The van der Waals surface area contributed by atoms with Gasteiger partial charge in [-0.1, -0.05) is 36.4 Å². The highest BCUT2D eigenvalue weighted by molar-refractivity contribution is 6.00. The molecule has 0 fully saturated rings. The lowest BCUT2D eigenvalue weighted by Crippen LogP contribution is -1.98. The molecular weight excluding hydrogens is 390 g/mol. The van der Waals surface area contributed by atoms with E-state index in [2.05, 4.69) is 40.2 Å². The van der Waals surface area contributed by atoms with Crippen molar-refractivity contribution >= 4 is 22.3 Å². The molecular formula is C27H20F2N2. The van der Waals surface area contributed by atoms with E-state index in [0.717, 1.165) is 44.8 Å². The molecule has 0 radical (unpaired) electrons. The zero-order valence-corrected chi connectivity index (χ0v) is 16.9. The third-order valence-electron chi connectivity index (χ3n) is 5.46. The summed E-state index contributed by atoms with van der Waals surface area (Å²) in [5.74, 6) is -0.537. The van der Waals surface area contributed by atoms with E-state index in [-0.39, 0.29) is 11.6 Å². The van der Waals surface area contributed by atoms with Crippen LogP contribution >= 0.6 is 0 Å². The number of aryl methyl sites for hydroxylation is 1. The van der Waals surface area contributed by atoms with Crippen LogP contribution in [0.3, 0.4) is 0 Å². The number of halogens is 2. The fraction of sp³-hybridized carbons (Fsp3) is 0.0370. The highest BCUT2D eigenvalue weighted by atomic mass is 19.1. The lowest BCUT2D eigenvalue weighted by Gasteiger charge is -2.14. The van der Waals surface area contributed by atoms with Gasteiger partial charge >= 0.3 is 0 Å². The number of benzene rings is 4. The van der Waals surface area contributed by atoms with Crippen LogP contribution in [0.2, 0.25) is 0 Å². The predicted octanol–water partition coefficient (Wildman–Crippen LogP) is 7.63. The Kier molecular flexibility index (Phi) is 4.75. The standard InChI is InChI=1S/C27H20F2N2/c1-18-7-16-25-24(27(18)30-22-12-8-20(28)9-13-22)17-26(19-5-3-2-4-6-19)31(25)23-14-10-21(29)11-15-23/h2-17,30H,1H3. The van der Waals surface area contributed by atoms with Crippen molar-refractivity contribution < 1.29 is 8.78 Å². The Balaban J connectivity index is 1.76. The number of fused-ring (bicyclic) bond motifs is 1. The molecule has 0 unspecified atom stereocenters. The van der Waals surface area contributed by atoms with Crippen molar-refractivity contribution in [2.45, 2.75) is 6.92 Å². The maximum atomic E-state index is 13.6. The summed E-state index contributed by atoms with van der Waals surface area (Å²) >= 11 is 0. The second kappa shape index (κ2) is 7.73. The Morgan fingerprint density at radius 3 is 2.03 bits per heavy atom. The summed E-state index contributed by atoms with van der Waals surface area (Å²) in [6, 6.07) is 29.3. The number of rotatable bonds is 4. The van der Waals surface area contributed by atoms with E-state index >= 15 is 0 Å². The van der Waals surface area contributed by atoms with Gasteiger partial charge in [0.2, 0.25) is 0 Å². The first kappa shape index (κ1) is 19.1. The maximum Gasteiger partial charge on any atom is 0.123 e. The van der Waals surface area contributed by atoms with Gasteiger partial charge in [-0.3, -0.25) is 0 Å². The van der Waals surface area contributed by atoms with E-state index in [4.69, 9.17) is 0 Å². The van der Waals surface area contributed by atoms with Crippen LogP contribution in [-0.2, 0) is 0 Å². The normalized spacial score (nSPS) is 11.1. The van der Waals surface area contributed by atoms with Gasteiger partial charge in [0.05, 0.1) is 16.9 Å². The Hall–Kier alpha value is -3.92. The summed E-state index contributed by atoms with van der Waals surface area (Å²) in [5.41, 5.74) is 6.80. The average Bonchev–Trinajstić information content (AvgIpc) is 3.18. The molecule has 5 rings (SSSR count). The lowest BCUT2D eigenvalue weighted by atomic mass is 10.1. The predicted molar refractivity (Wildman–Crippen MR) is 123 cm³/mol. The van der Waals surface area contributed by atoms with Crippen molar-refractivity contribution in [2.24, 2.45) is 0 Å². The van der Waals surface area contributed by atoms with E-state index in [1.165, 1.54) is 24.3 Å². The molecule has 0 aliphatic heterocycles. The highest BCUT2D eigenvalue weighted by Gasteiger charge is 2.16. The minimum Gasteiger partial charge on any atom is -0.355 e. The van der Waals surface area contributed by atoms with Crippen molar-refractivity contribution in [3.8, 4) is 16.9 Å². The highest BCUT2D eigenvalue weighted by Crippen LogP contribution is 2.38. The molecule has 1 heterocycles. The third kappa shape index (κ3) is 3.57. The number of nitrogens with zero attached hydrogens (tertiary/aromatic N) is 1. The molecule has 31 heavy (non-hydrogen) atoms. The molecule has 0 aliphatic carbocycles. The van der Waals surface area contributed by atoms with E-state index < -0.39 is 0 Å². The van der Waals surface area contributed by atoms with Crippen molar-refractivity contribution in [3.63, 3.8) is 0 Å². The lowest BCUT2D eigenvalue weighted by molar-refractivity contribution is 0.627. The van der Waals surface area contributed by atoms with Gasteiger partial charge in [-0.2, -0.15) is 0 Å². The summed E-state index contributed by atoms with van der Waals surface area (Å²) in [6.07, 6.45) is 0. The molecule has 4 aromatic carbocycles. The second-order valence-corrected chi connectivity index (χ2v) is 7.53. The summed E-state index contributed by atoms with van der Waals surface area (Å²) in [7, 11) is 0. The summed E-state index contributed by atoms with van der Waals surface area (Å²) in [5, 5.41) is 4.49. The van der Waals surface area contributed by atoms with Crippen LogP contribution in [-0.4, -0.2) is 4.57 Å². The minimum absolute atomic E-state index is 0.268. The first-order valence-electron chi connectivity index (χ1n) is 10.1. The molecule has 0 spiro atoms. The number of aromatic nitrogens is 1. The molecule has 0 bridgehead atoms. The molecule has 0 saturated heterocycles.